The molecule has 0 aliphatic rings. The second-order valence-electron chi connectivity index (χ2n) is 3.96. The number of hydrogen-bond acceptors (Lipinski definition) is 2. The highest BCUT2D eigenvalue weighted by Crippen LogP contribution is 2.35. The molecule has 0 aliphatic heterocycles. The first-order valence-electron chi connectivity index (χ1n) is 5.53. The summed E-state index contributed by atoms with van der Waals surface area (Å²) in [7, 11) is 0. The molecule has 0 saturated carbocycles. The topological polar surface area (TPSA) is 35.2 Å². The lowest BCUT2D eigenvalue weighted by Crippen LogP contribution is -1.97. The van der Waals surface area contributed by atoms with E-state index in [1.165, 1.54) is 0 Å². The van der Waals surface area contributed by atoms with Crippen molar-refractivity contribution in [3.8, 4) is 11.5 Å². The molecule has 94 valence electrons. The van der Waals surface area contributed by atoms with E-state index in [0.717, 1.165) is 16.9 Å². The van der Waals surface area contributed by atoms with Crippen molar-refractivity contribution in [2.24, 2.45) is 5.73 Å². The molecule has 2 N–H and O–H groups in total. The van der Waals surface area contributed by atoms with Gasteiger partial charge in [-0.2, -0.15) is 0 Å². The van der Waals surface area contributed by atoms with Gasteiger partial charge in [-0.1, -0.05) is 41.4 Å². The zero-order valence-corrected chi connectivity index (χ0v) is 11.4. The van der Waals surface area contributed by atoms with Crippen LogP contribution >= 0.6 is 23.2 Å². The van der Waals surface area contributed by atoms with Crippen LogP contribution < -0.4 is 10.5 Å². The molecule has 0 amide bonds. The van der Waals surface area contributed by atoms with Gasteiger partial charge in [0, 0.05) is 6.54 Å². The van der Waals surface area contributed by atoms with E-state index in [9.17, 15) is 0 Å². The first-order valence-corrected chi connectivity index (χ1v) is 6.29. The summed E-state index contributed by atoms with van der Waals surface area (Å²) in [5.74, 6) is 1.30. The summed E-state index contributed by atoms with van der Waals surface area (Å²) < 4.78 is 5.76. The van der Waals surface area contributed by atoms with Crippen molar-refractivity contribution >= 4 is 23.2 Å². The molecule has 0 fully saturated rings. The quantitative estimate of drug-likeness (QED) is 0.896. The van der Waals surface area contributed by atoms with Crippen LogP contribution in [0.3, 0.4) is 0 Å². The average Bonchev–Trinajstić information content (AvgIpc) is 2.37. The van der Waals surface area contributed by atoms with E-state index >= 15 is 0 Å². The van der Waals surface area contributed by atoms with Crippen LogP contribution in [0.4, 0.5) is 0 Å². The highest BCUT2D eigenvalue weighted by atomic mass is 35.5. The molecule has 2 rings (SSSR count). The fraction of sp³-hybridized carbons (Fsp3) is 0.143. The van der Waals surface area contributed by atoms with Crippen LogP contribution in [0, 0.1) is 6.92 Å². The minimum atomic E-state index is 0.418. The lowest BCUT2D eigenvalue weighted by atomic mass is 10.1. The van der Waals surface area contributed by atoms with Crippen molar-refractivity contribution in [2.45, 2.75) is 13.5 Å². The fourth-order valence-corrected chi connectivity index (χ4v) is 1.96. The largest absolute Gasteiger partial charge is 0.455 e. The average molecular weight is 282 g/mol. The van der Waals surface area contributed by atoms with Gasteiger partial charge >= 0.3 is 0 Å². The summed E-state index contributed by atoms with van der Waals surface area (Å²) in [6, 6.07) is 11.1. The lowest BCUT2D eigenvalue weighted by molar-refractivity contribution is 0.479. The minimum absolute atomic E-state index is 0.418. The van der Waals surface area contributed by atoms with Crippen LogP contribution in [-0.4, -0.2) is 0 Å². The maximum atomic E-state index is 6.08. The number of ether oxygens (including phenoxy) is 1. The normalized spacial score (nSPS) is 10.4. The molecular weight excluding hydrogens is 269 g/mol. The van der Waals surface area contributed by atoms with E-state index in [0.29, 0.717) is 22.3 Å². The van der Waals surface area contributed by atoms with Crippen molar-refractivity contribution in [1.29, 1.82) is 0 Å². The molecule has 2 aromatic carbocycles. The van der Waals surface area contributed by atoms with E-state index in [2.05, 4.69) is 0 Å². The Bertz CT molecular complexity index is 570. The van der Waals surface area contributed by atoms with Gasteiger partial charge in [0.05, 0.1) is 5.02 Å². The number of aryl methyl sites for hydroxylation is 1. The number of halogens is 2. The molecule has 0 bridgehead atoms. The van der Waals surface area contributed by atoms with E-state index in [-0.39, 0.29) is 0 Å². The number of benzene rings is 2. The van der Waals surface area contributed by atoms with Crippen molar-refractivity contribution in [3.63, 3.8) is 0 Å². The first kappa shape index (κ1) is 13.2. The molecule has 0 radical (unpaired) electrons. The molecule has 2 nitrogen and oxygen atoms in total. The Hall–Kier alpha value is -1.22. The van der Waals surface area contributed by atoms with Gasteiger partial charge in [0.2, 0.25) is 0 Å². The zero-order valence-electron chi connectivity index (χ0n) is 9.91. The van der Waals surface area contributed by atoms with Crippen molar-refractivity contribution in [2.75, 3.05) is 0 Å². The second-order valence-corrected chi connectivity index (χ2v) is 4.74. The van der Waals surface area contributed by atoms with E-state index < -0.39 is 0 Å². The van der Waals surface area contributed by atoms with E-state index in [1.807, 2.05) is 25.1 Å². The standard InChI is InChI=1S/C14H13Cl2NO/c1-9-7-10(8-17)5-6-12(9)18-13-4-2-3-11(15)14(13)16/h2-7H,8,17H2,1H3. The van der Waals surface area contributed by atoms with Gasteiger partial charge in [-0.25, -0.2) is 0 Å². The van der Waals surface area contributed by atoms with Gasteiger partial charge in [0.25, 0.3) is 0 Å². The molecule has 18 heavy (non-hydrogen) atoms. The Balaban J connectivity index is 2.31. The third-order valence-electron chi connectivity index (χ3n) is 2.61. The van der Waals surface area contributed by atoms with Crippen LogP contribution in [-0.2, 0) is 6.54 Å². The predicted molar refractivity (Wildman–Crippen MR) is 75.6 cm³/mol. The van der Waals surface area contributed by atoms with Crippen LogP contribution in [0.15, 0.2) is 36.4 Å². The zero-order chi connectivity index (χ0) is 13.1. The van der Waals surface area contributed by atoms with Crippen LogP contribution in [0.5, 0.6) is 11.5 Å². The SMILES string of the molecule is Cc1cc(CN)ccc1Oc1cccc(Cl)c1Cl. The third kappa shape index (κ3) is 2.78. The molecule has 2 aromatic rings. The Morgan fingerprint density at radius 3 is 2.56 bits per heavy atom. The Labute approximate surface area is 116 Å². The minimum Gasteiger partial charge on any atom is -0.455 e. The van der Waals surface area contributed by atoms with Crippen molar-refractivity contribution in [1.82, 2.24) is 0 Å². The Kier molecular flexibility index (Phi) is 4.12. The molecule has 0 aliphatic carbocycles. The summed E-state index contributed by atoms with van der Waals surface area (Å²) in [5.41, 5.74) is 7.66. The van der Waals surface area contributed by atoms with Gasteiger partial charge in [-0.3, -0.25) is 0 Å². The second kappa shape index (κ2) is 5.61. The Morgan fingerprint density at radius 1 is 1.11 bits per heavy atom. The molecule has 0 heterocycles. The van der Waals surface area contributed by atoms with Crippen molar-refractivity contribution < 1.29 is 4.74 Å². The Morgan fingerprint density at radius 2 is 1.89 bits per heavy atom. The summed E-state index contributed by atoms with van der Waals surface area (Å²) in [6.45, 7) is 2.48. The number of rotatable bonds is 3. The van der Waals surface area contributed by atoms with Crippen LogP contribution in [0.1, 0.15) is 11.1 Å². The molecule has 0 saturated heterocycles. The smallest absolute Gasteiger partial charge is 0.147 e. The summed E-state index contributed by atoms with van der Waals surface area (Å²) in [6.07, 6.45) is 0. The highest BCUT2D eigenvalue weighted by Gasteiger charge is 2.08. The maximum absolute atomic E-state index is 6.08. The third-order valence-corrected chi connectivity index (χ3v) is 3.41. The molecule has 0 aromatic heterocycles. The van der Waals surface area contributed by atoms with Crippen LogP contribution in [0.25, 0.3) is 0 Å². The van der Waals surface area contributed by atoms with Gasteiger partial charge in [-0.15, -0.1) is 0 Å². The molecule has 0 spiro atoms. The predicted octanol–water partition coefficient (Wildman–Crippen LogP) is 4.55. The monoisotopic (exact) mass is 281 g/mol. The maximum Gasteiger partial charge on any atom is 0.147 e. The molecule has 4 heteroatoms. The fourth-order valence-electron chi connectivity index (χ4n) is 1.63. The first-order chi connectivity index (χ1) is 8.61. The summed E-state index contributed by atoms with van der Waals surface area (Å²) >= 11 is 12.0. The lowest BCUT2D eigenvalue weighted by Gasteiger charge is -2.11. The molecule has 0 atom stereocenters. The van der Waals surface area contributed by atoms with Gasteiger partial charge < -0.3 is 10.5 Å². The highest BCUT2D eigenvalue weighted by molar-refractivity contribution is 6.42. The van der Waals surface area contributed by atoms with Gasteiger partial charge in [-0.05, 0) is 36.2 Å². The summed E-state index contributed by atoms with van der Waals surface area (Å²) in [4.78, 5) is 0. The van der Waals surface area contributed by atoms with E-state index in [4.69, 9.17) is 33.7 Å². The summed E-state index contributed by atoms with van der Waals surface area (Å²) in [5, 5.41) is 0.895. The van der Waals surface area contributed by atoms with Crippen molar-refractivity contribution in [3.05, 3.63) is 57.6 Å². The molecule has 0 unspecified atom stereocenters. The van der Waals surface area contributed by atoms with E-state index in [1.54, 1.807) is 18.2 Å². The molecular formula is C14H13Cl2NO. The van der Waals surface area contributed by atoms with Gasteiger partial charge in [0.15, 0.2) is 0 Å². The number of nitrogens with two attached hydrogens (primary N) is 1. The van der Waals surface area contributed by atoms with Gasteiger partial charge in [0.1, 0.15) is 16.5 Å². The number of hydrogen-bond donors (Lipinski definition) is 1. The van der Waals surface area contributed by atoms with Crippen LogP contribution in [0.2, 0.25) is 10.0 Å².